The van der Waals surface area contributed by atoms with Gasteiger partial charge < -0.3 is 9.84 Å². The Morgan fingerprint density at radius 1 is 1.38 bits per heavy atom. The maximum absolute atomic E-state index is 9.59. The van der Waals surface area contributed by atoms with Gasteiger partial charge in [-0.15, -0.1) is 0 Å². The normalized spacial score (nSPS) is 11.9. The molecule has 1 heterocycles. The molecule has 16 heavy (non-hydrogen) atoms. The van der Waals surface area contributed by atoms with Gasteiger partial charge in [0, 0.05) is 11.8 Å². The second kappa shape index (κ2) is 4.73. The molecule has 0 aliphatic rings. The molecule has 0 saturated heterocycles. The van der Waals surface area contributed by atoms with Gasteiger partial charge in [0.2, 0.25) is 0 Å². The van der Waals surface area contributed by atoms with E-state index in [1.54, 1.807) is 0 Å². The van der Waals surface area contributed by atoms with Crippen molar-refractivity contribution in [2.75, 3.05) is 0 Å². The summed E-state index contributed by atoms with van der Waals surface area (Å²) >= 11 is 0. The van der Waals surface area contributed by atoms with Crippen molar-refractivity contribution in [2.45, 2.75) is 47.1 Å². The van der Waals surface area contributed by atoms with E-state index in [2.05, 4.69) is 25.8 Å². The molecule has 1 aromatic rings. The monoisotopic (exact) mass is 223 g/mol. The number of pyridine rings is 1. The summed E-state index contributed by atoms with van der Waals surface area (Å²) in [6.07, 6.45) is 2.37. The van der Waals surface area contributed by atoms with E-state index < -0.39 is 0 Å². The topological polar surface area (TPSA) is 42.4 Å². The molecule has 0 aromatic carbocycles. The van der Waals surface area contributed by atoms with E-state index in [1.165, 1.54) is 6.20 Å². The fourth-order valence-corrected chi connectivity index (χ4v) is 1.46. The number of hydrogen-bond acceptors (Lipinski definition) is 3. The molecule has 0 bridgehead atoms. The number of aromatic hydroxyl groups is 1. The summed E-state index contributed by atoms with van der Waals surface area (Å²) in [6, 6.07) is 1.82. The summed E-state index contributed by atoms with van der Waals surface area (Å²) in [4.78, 5) is 4.20. The molecule has 1 aromatic heterocycles. The minimum Gasteiger partial charge on any atom is -0.503 e. The van der Waals surface area contributed by atoms with E-state index in [9.17, 15) is 5.11 Å². The fourth-order valence-electron chi connectivity index (χ4n) is 1.46. The van der Waals surface area contributed by atoms with Crippen molar-refractivity contribution in [3.05, 3.63) is 18.0 Å². The zero-order valence-electron chi connectivity index (χ0n) is 10.7. The molecule has 1 rings (SSSR count). The summed E-state index contributed by atoms with van der Waals surface area (Å²) in [5.41, 5.74) is 1.12. The fraction of sp³-hybridized carbons (Fsp3) is 0.615. The summed E-state index contributed by atoms with van der Waals surface area (Å²) in [6.45, 7) is 10.3. The van der Waals surface area contributed by atoms with E-state index in [4.69, 9.17) is 4.74 Å². The van der Waals surface area contributed by atoms with Crippen molar-refractivity contribution in [2.24, 2.45) is 5.41 Å². The third-order valence-corrected chi connectivity index (χ3v) is 1.98. The lowest BCUT2D eigenvalue weighted by atomic mass is 9.90. The van der Waals surface area contributed by atoms with Crippen LogP contribution >= 0.6 is 0 Å². The lowest BCUT2D eigenvalue weighted by Crippen LogP contribution is -2.11. The van der Waals surface area contributed by atoms with Crippen LogP contribution in [0.3, 0.4) is 0 Å². The minimum atomic E-state index is 0.0517. The Morgan fingerprint density at radius 3 is 2.50 bits per heavy atom. The van der Waals surface area contributed by atoms with Gasteiger partial charge in [0.25, 0.3) is 0 Å². The largest absolute Gasteiger partial charge is 0.503 e. The second-order valence-corrected chi connectivity index (χ2v) is 5.55. The molecule has 0 amide bonds. The SMILES string of the molecule is CC(C)Oc1cc(CC(C)(C)C)ncc1O. The molecule has 0 radical (unpaired) electrons. The van der Waals surface area contributed by atoms with Crippen molar-refractivity contribution in [3.63, 3.8) is 0 Å². The van der Waals surface area contributed by atoms with E-state index in [1.807, 2.05) is 19.9 Å². The highest BCUT2D eigenvalue weighted by Gasteiger charge is 2.14. The van der Waals surface area contributed by atoms with Crippen LogP contribution in [0.5, 0.6) is 11.5 Å². The molecule has 0 atom stereocenters. The number of hydrogen-bond donors (Lipinski definition) is 1. The standard InChI is InChI=1S/C13H21NO2/c1-9(2)16-12-6-10(7-13(3,4)5)14-8-11(12)15/h6,8-9,15H,7H2,1-5H3. The van der Waals surface area contributed by atoms with Crippen LogP contribution in [0.15, 0.2) is 12.3 Å². The first kappa shape index (κ1) is 12.8. The average Bonchev–Trinajstić information content (AvgIpc) is 2.07. The molecular formula is C13H21NO2. The van der Waals surface area contributed by atoms with Crippen LogP contribution in [-0.2, 0) is 6.42 Å². The van der Waals surface area contributed by atoms with E-state index >= 15 is 0 Å². The van der Waals surface area contributed by atoms with Gasteiger partial charge in [0.15, 0.2) is 11.5 Å². The zero-order valence-corrected chi connectivity index (χ0v) is 10.7. The summed E-state index contributed by atoms with van der Waals surface area (Å²) in [7, 11) is 0. The first-order valence-electron chi connectivity index (χ1n) is 5.62. The van der Waals surface area contributed by atoms with Crippen molar-refractivity contribution >= 4 is 0 Å². The number of ether oxygens (including phenoxy) is 1. The first-order chi connectivity index (χ1) is 7.28. The Labute approximate surface area is 97.5 Å². The molecule has 3 nitrogen and oxygen atoms in total. The van der Waals surface area contributed by atoms with E-state index in [0.29, 0.717) is 5.75 Å². The number of aromatic nitrogens is 1. The van der Waals surface area contributed by atoms with Crippen LogP contribution in [0.1, 0.15) is 40.3 Å². The number of nitrogens with zero attached hydrogens (tertiary/aromatic N) is 1. The molecule has 0 aliphatic heterocycles. The van der Waals surface area contributed by atoms with Gasteiger partial charge in [-0.3, -0.25) is 4.98 Å². The summed E-state index contributed by atoms with van der Waals surface area (Å²) < 4.78 is 5.51. The van der Waals surface area contributed by atoms with Gasteiger partial charge in [0.1, 0.15) is 0 Å². The third kappa shape index (κ3) is 4.09. The Hall–Kier alpha value is -1.25. The Morgan fingerprint density at radius 2 is 2.00 bits per heavy atom. The lowest BCUT2D eigenvalue weighted by molar-refractivity contribution is 0.231. The van der Waals surface area contributed by atoms with Gasteiger partial charge in [-0.1, -0.05) is 20.8 Å². The second-order valence-electron chi connectivity index (χ2n) is 5.55. The van der Waals surface area contributed by atoms with Crippen LogP contribution in [0.25, 0.3) is 0 Å². The van der Waals surface area contributed by atoms with Crippen molar-refractivity contribution in [3.8, 4) is 11.5 Å². The van der Waals surface area contributed by atoms with Gasteiger partial charge in [0.05, 0.1) is 12.3 Å². The quantitative estimate of drug-likeness (QED) is 0.855. The number of rotatable bonds is 3. The lowest BCUT2D eigenvalue weighted by Gasteiger charge is -2.18. The highest BCUT2D eigenvalue weighted by Crippen LogP contribution is 2.28. The Bertz CT molecular complexity index is 353. The highest BCUT2D eigenvalue weighted by molar-refractivity contribution is 5.38. The summed E-state index contributed by atoms with van der Waals surface area (Å²) in [5, 5.41) is 9.59. The van der Waals surface area contributed by atoms with Crippen molar-refractivity contribution < 1.29 is 9.84 Å². The average molecular weight is 223 g/mol. The molecule has 0 saturated carbocycles. The molecule has 0 fully saturated rings. The smallest absolute Gasteiger partial charge is 0.176 e. The molecule has 0 aliphatic carbocycles. The molecule has 90 valence electrons. The zero-order chi connectivity index (χ0) is 12.3. The molecule has 3 heteroatoms. The van der Waals surface area contributed by atoms with Crippen molar-refractivity contribution in [1.29, 1.82) is 0 Å². The Kier molecular flexibility index (Phi) is 3.79. The third-order valence-electron chi connectivity index (χ3n) is 1.98. The maximum atomic E-state index is 9.59. The van der Waals surface area contributed by atoms with Crippen LogP contribution in [0.2, 0.25) is 0 Å². The van der Waals surface area contributed by atoms with Gasteiger partial charge in [-0.25, -0.2) is 0 Å². The summed E-state index contributed by atoms with van der Waals surface area (Å²) in [5.74, 6) is 0.621. The minimum absolute atomic E-state index is 0.0517. The van der Waals surface area contributed by atoms with Gasteiger partial charge in [-0.2, -0.15) is 0 Å². The molecular weight excluding hydrogens is 202 g/mol. The van der Waals surface area contributed by atoms with Crippen LogP contribution < -0.4 is 4.74 Å². The van der Waals surface area contributed by atoms with Gasteiger partial charge in [-0.05, 0) is 25.7 Å². The predicted octanol–water partition coefficient (Wildman–Crippen LogP) is 3.16. The van der Waals surface area contributed by atoms with Crippen molar-refractivity contribution in [1.82, 2.24) is 4.98 Å². The van der Waals surface area contributed by atoms with Gasteiger partial charge >= 0.3 is 0 Å². The van der Waals surface area contributed by atoms with Crippen LogP contribution in [0, 0.1) is 5.41 Å². The molecule has 0 spiro atoms. The predicted molar refractivity (Wildman–Crippen MR) is 64.8 cm³/mol. The first-order valence-corrected chi connectivity index (χ1v) is 5.62. The highest BCUT2D eigenvalue weighted by atomic mass is 16.5. The molecule has 1 N–H and O–H groups in total. The Balaban J connectivity index is 2.89. The van der Waals surface area contributed by atoms with E-state index in [0.717, 1.165) is 12.1 Å². The van der Waals surface area contributed by atoms with E-state index in [-0.39, 0.29) is 17.3 Å². The maximum Gasteiger partial charge on any atom is 0.176 e. The molecule has 0 unspecified atom stereocenters. The van der Waals surface area contributed by atoms with Crippen LogP contribution in [0.4, 0.5) is 0 Å². The van der Waals surface area contributed by atoms with Crippen LogP contribution in [-0.4, -0.2) is 16.2 Å².